The second-order valence-electron chi connectivity index (χ2n) is 3.69. The fourth-order valence-electron chi connectivity index (χ4n) is 1.80. The summed E-state index contributed by atoms with van der Waals surface area (Å²) in [6.07, 6.45) is 4.99. The fraction of sp³-hybridized carbons (Fsp3) is 0.333. The number of hydrogen-bond acceptors (Lipinski definition) is 0. The van der Waals surface area contributed by atoms with Crippen LogP contribution in [0.4, 0.5) is 4.39 Å². The number of rotatable bonds is 2. The molecule has 1 unspecified atom stereocenters. The Morgan fingerprint density at radius 2 is 2.29 bits per heavy atom. The predicted molar refractivity (Wildman–Crippen MR) is 57.1 cm³/mol. The average Bonchev–Trinajstić information content (AvgIpc) is 2.51. The van der Waals surface area contributed by atoms with Gasteiger partial charge in [0, 0.05) is 0 Å². The van der Waals surface area contributed by atoms with Gasteiger partial charge in [-0.05, 0) is 37.0 Å². The van der Waals surface area contributed by atoms with Crippen molar-refractivity contribution in [3.63, 3.8) is 0 Å². The van der Waals surface area contributed by atoms with E-state index < -0.39 is 0 Å². The highest BCUT2D eigenvalue weighted by Gasteiger charge is 2.13. The first-order chi connectivity index (χ1) is 6.74. The van der Waals surface area contributed by atoms with E-state index in [1.807, 2.05) is 6.07 Å². The summed E-state index contributed by atoms with van der Waals surface area (Å²) in [5.74, 6) is -0.163. The molecule has 1 atom stereocenters. The average molecular weight is 211 g/mol. The molecule has 0 fully saturated rings. The quantitative estimate of drug-likeness (QED) is 0.516. The zero-order chi connectivity index (χ0) is 9.97. The molecular formula is C12H12ClF. The maximum Gasteiger partial charge on any atom is 0.123 e. The molecule has 0 heterocycles. The third kappa shape index (κ3) is 2.36. The Labute approximate surface area is 88.4 Å². The van der Waals surface area contributed by atoms with E-state index in [1.54, 1.807) is 12.1 Å². The minimum absolute atomic E-state index is 0.163. The summed E-state index contributed by atoms with van der Waals surface area (Å²) in [5, 5.41) is 0.179. The van der Waals surface area contributed by atoms with Crippen molar-refractivity contribution in [2.45, 2.75) is 24.6 Å². The molecule has 0 amide bonds. The first-order valence-corrected chi connectivity index (χ1v) is 5.26. The van der Waals surface area contributed by atoms with Crippen LogP contribution in [-0.4, -0.2) is 5.38 Å². The Hall–Kier alpha value is -0.820. The van der Waals surface area contributed by atoms with Crippen molar-refractivity contribution in [2.24, 2.45) is 0 Å². The smallest absolute Gasteiger partial charge is 0.123 e. The van der Waals surface area contributed by atoms with E-state index in [0.29, 0.717) is 0 Å². The molecule has 0 aliphatic heterocycles. The van der Waals surface area contributed by atoms with Gasteiger partial charge in [-0.3, -0.25) is 0 Å². The van der Waals surface area contributed by atoms with Gasteiger partial charge in [0.25, 0.3) is 0 Å². The summed E-state index contributed by atoms with van der Waals surface area (Å²) in [7, 11) is 0. The molecule has 1 aliphatic rings. The number of halogens is 2. The third-order valence-electron chi connectivity index (χ3n) is 2.48. The monoisotopic (exact) mass is 210 g/mol. The highest BCUT2D eigenvalue weighted by Crippen LogP contribution is 2.25. The maximum atomic E-state index is 12.9. The van der Waals surface area contributed by atoms with Crippen LogP contribution in [0, 0.1) is 5.82 Å². The molecule has 2 rings (SSSR count). The van der Waals surface area contributed by atoms with Gasteiger partial charge in [0.15, 0.2) is 0 Å². The normalized spacial score (nSPS) is 21.0. The van der Waals surface area contributed by atoms with Crippen LogP contribution >= 0.6 is 11.6 Å². The van der Waals surface area contributed by atoms with E-state index in [1.165, 1.54) is 11.6 Å². The lowest BCUT2D eigenvalue weighted by atomic mass is 10.1. The summed E-state index contributed by atoms with van der Waals surface area (Å²) in [4.78, 5) is 0. The van der Waals surface area contributed by atoms with Crippen LogP contribution in [0.5, 0.6) is 0 Å². The number of alkyl halides is 1. The second-order valence-corrected chi connectivity index (χ2v) is 4.25. The van der Waals surface area contributed by atoms with Gasteiger partial charge in [-0.25, -0.2) is 4.39 Å². The van der Waals surface area contributed by atoms with Gasteiger partial charge in [-0.1, -0.05) is 23.8 Å². The summed E-state index contributed by atoms with van der Waals surface area (Å²) in [6, 6.07) is 6.75. The zero-order valence-electron chi connectivity index (χ0n) is 7.84. The molecule has 14 heavy (non-hydrogen) atoms. The maximum absolute atomic E-state index is 12.9. The first-order valence-electron chi connectivity index (χ1n) is 4.82. The number of allylic oxidation sites excluding steroid dienone is 2. The van der Waals surface area contributed by atoms with E-state index in [-0.39, 0.29) is 11.2 Å². The van der Waals surface area contributed by atoms with E-state index in [0.717, 1.165) is 24.8 Å². The van der Waals surface area contributed by atoms with Crippen molar-refractivity contribution < 1.29 is 4.39 Å². The molecule has 0 radical (unpaired) electrons. The lowest BCUT2D eigenvalue weighted by Crippen LogP contribution is -1.88. The first kappa shape index (κ1) is 9.72. The molecule has 1 aromatic rings. The number of hydrogen-bond donors (Lipinski definition) is 0. The summed E-state index contributed by atoms with van der Waals surface area (Å²) >= 11 is 5.95. The molecule has 1 aliphatic carbocycles. The van der Waals surface area contributed by atoms with Crippen LogP contribution in [0.3, 0.4) is 0 Å². The minimum atomic E-state index is -0.163. The molecule has 0 saturated heterocycles. The SMILES string of the molecule is Fc1cccc(CC2=CC(Cl)CC2)c1. The summed E-state index contributed by atoms with van der Waals surface area (Å²) in [5.41, 5.74) is 2.36. The van der Waals surface area contributed by atoms with Crippen molar-refractivity contribution in [1.29, 1.82) is 0 Å². The lowest BCUT2D eigenvalue weighted by Gasteiger charge is -2.01. The molecule has 0 saturated carbocycles. The van der Waals surface area contributed by atoms with Crippen molar-refractivity contribution in [1.82, 2.24) is 0 Å². The standard InChI is InChI=1S/C12H12ClF/c13-11-5-4-10(7-11)6-9-2-1-3-12(14)8-9/h1-3,7-8,11H,4-6H2. The Morgan fingerprint density at radius 1 is 1.43 bits per heavy atom. The topological polar surface area (TPSA) is 0 Å². The van der Waals surface area contributed by atoms with Gasteiger partial charge in [0.2, 0.25) is 0 Å². The Balaban J connectivity index is 2.08. The molecule has 2 heteroatoms. The van der Waals surface area contributed by atoms with Crippen molar-refractivity contribution >= 4 is 11.6 Å². The van der Waals surface area contributed by atoms with Crippen LogP contribution in [-0.2, 0) is 6.42 Å². The highest BCUT2D eigenvalue weighted by molar-refractivity contribution is 6.22. The van der Waals surface area contributed by atoms with Crippen LogP contribution < -0.4 is 0 Å². The zero-order valence-corrected chi connectivity index (χ0v) is 8.60. The Bertz CT molecular complexity index is 357. The van der Waals surface area contributed by atoms with Gasteiger partial charge in [0.05, 0.1) is 5.38 Å². The van der Waals surface area contributed by atoms with Crippen LogP contribution in [0.2, 0.25) is 0 Å². The fourth-order valence-corrected chi connectivity index (χ4v) is 2.09. The lowest BCUT2D eigenvalue weighted by molar-refractivity contribution is 0.626. The van der Waals surface area contributed by atoms with Gasteiger partial charge in [0.1, 0.15) is 5.82 Å². The van der Waals surface area contributed by atoms with Crippen molar-refractivity contribution in [3.05, 3.63) is 47.3 Å². The molecule has 1 aromatic carbocycles. The van der Waals surface area contributed by atoms with Crippen LogP contribution in [0.1, 0.15) is 18.4 Å². The molecule has 74 valence electrons. The molecule has 0 spiro atoms. The largest absolute Gasteiger partial charge is 0.207 e. The Kier molecular flexibility index (Phi) is 2.87. The van der Waals surface area contributed by atoms with Crippen LogP contribution in [0.15, 0.2) is 35.9 Å². The van der Waals surface area contributed by atoms with Gasteiger partial charge < -0.3 is 0 Å². The van der Waals surface area contributed by atoms with E-state index in [4.69, 9.17) is 11.6 Å². The van der Waals surface area contributed by atoms with Gasteiger partial charge in [-0.2, -0.15) is 0 Å². The molecule has 0 aromatic heterocycles. The molecule has 0 nitrogen and oxygen atoms in total. The van der Waals surface area contributed by atoms with E-state index >= 15 is 0 Å². The Morgan fingerprint density at radius 3 is 2.93 bits per heavy atom. The van der Waals surface area contributed by atoms with Crippen LogP contribution in [0.25, 0.3) is 0 Å². The van der Waals surface area contributed by atoms with Gasteiger partial charge >= 0.3 is 0 Å². The summed E-state index contributed by atoms with van der Waals surface area (Å²) < 4.78 is 12.9. The van der Waals surface area contributed by atoms with Crippen molar-refractivity contribution in [3.8, 4) is 0 Å². The van der Waals surface area contributed by atoms with E-state index in [9.17, 15) is 4.39 Å². The van der Waals surface area contributed by atoms with E-state index in [2.05, 4.69) is 6.08 Å². The predicted octanol–water partition coefficient (Wildman–Crippen LogP) is 3.70. The molecular weight excluding hydrogens is 199 g/mol. The van der Waals surface area contributed by atoms with Crippen molar-refractivity contribution in [2.75, 3.05) is 0 Å². The third-order valence-corrected chi connectivity index (χ3v) is 2.82. The highest BCUT2D eigenvalue weighted by atomic mass is 35.5. The molecule has 0 bridgehead atoms. The number of benzene rings is 1. The second kappa shape index (κ2) is 4.14. The molecule has 0 N–H and O–H groups in total. The minimum Gasteiger partial charge on any atom is -0.207 e. The van der Waals surface area contributed by atoms with Gasteiger partial charge in [-0.15, -0.1) is 11.6 Å². The summed E-state index contributed by atoms with van der Waals surface area (Å²) in [6.45, 7) is 0.